The topological polar surface area (TPSA) is 118 Å². The first-order valence-electron chi connectivity index (χ1n) is 8.99. The summed E-state index contributed by atoms with van der Waals surface area (Å²) in [5.41, 5.74) is 0.973. The minimum atomic E-state index is -3.68. The van der Waals surface area contributed by atoms with E-state index in [9.17, 15) is 13.2 Å². The van der Waals surface area contributed by atoms with Gasteiger partial charge in [-0.2, -0.15) is 0 Å². The Kier molecular flexibility index (Phi) is 5.52. The van der Waals surface area contributed by atoms with Gasteiger partial charge in [0.05, 0.1) is 23.3 Å². The largest absolute Gasteiger partial charge is 0.496 e. The van der Waals surface area contributed by atoms with E-state index in [-0.39, 0.29) is 16.3 Å². The number of methoxy groups -OCH3 is 1. The highest BCUT2D eigenvalue weighted by Gasteiger charge is 2.20. The van der Waals surface area contributed by atoms with Crippen molar-refractivity contribution in [2.24, 2.45) is 0 Å². The summed E-state index contributed by atoms with van der Waals surface area (Å²) in [6.07, 6.45) is 1.27. The molecule has 0 bridgehead atoms. The molecule has 0 spiro atoms. The smallest absolute Gasteiger partial charge is 0.277 e. The number of imidazole rings is 1. The lowest BCUT2D eigenvalue weighted by Gasteiger charge is -2.12. The molecular weight excluding hydrogens is 382 g/mol. The van der Waals surface area contributed by atoms with Crippen molar-refractivity contribution in [3.05, 3.63) is 40.1 Å². The highest BCUT2D eigenvalue weighted by molar-refractivity contribution is 7.89. The van der Waals surface area contributed by atoms with Crippen molar-refractivity contribution in [1.82, 2.24) is 24.3 Å². The fourth-order valence-electron chi connectivity index (χ4n) is 2.95. The Bertz CT molecular complexity index is 1180. The van der Waals surface area contributed by atoms with Gasteiger partial charge in [0.15, 0.2) is 11.3 Å². The highest BCUT2D eigenvalue weighted by atomic mass is 32.2. The molecule has 0 amide bonds. The Hall–Kier alpha value is -2.72. The van der Waals surface area contributed by atoms with Gasteiger partial charge in [-0.15, -0.1) is 5.10 Å². The molecule has 150 valence electrons. The third kappa shape index (κ3) is 3.52. The van der Waals surface area contributed by atoms with Gasteiger partial charge in [0.1, 0.15) is 11.6 Å². The van der Waals surface area contributed by atoms with Crippen molar-refractivity contribution < 1.29 is 13.2 Å². The van der Waals surface area contributed by atoms with Crippen LogP contribution in [-0.4, -0.2) is 41.7 Å². The van der Waals surface area contributed by atoms with Gasteiger partial charge < -0.3 is 9.72 Å². The maximum Gasteiger partial charge on any atom is 0.277 e. The zero-order valence-electron chi connectivity index (χ0n) is 16.2. The van der Waals surface area contributed by atoms with Crippen LogP contribution < -0.4 is 15.0 Å². The van der Waals surface area contributed by atoms with E-state index in [1.54, 1.807) is 13.0 Å². The lowest BCUT2D eigenvalue weighted by molar-refractivity contribution is 0.415. The maximum absolute atomic E-state index is 12.6. The minimum Gasteiger partial charge on any atom is -0.496 e. The number of H-pyrrole nitrogens is 1. The van der Waals surface area contributed by atoms with Crippen LogP contribution >= 0.6 is 0 Å². The van der Waals surface area contributed by atoms with Crippen LogP contribution in [0.1, 0.15) is 31.8 Å². The van der Waals surface area contributed by atoms with Crippen molar-refractivity contribution in [3.8, 4) is 17.1 Å². The van der Waals surface area contributed by atoms with Crippen molar-refractivity contribution in [2.75, 3.05) is 13.7 Å². The summed E-state index contributed by atoms with van der Waals surface area (Å²) in [5.74, 6) is 1.24. The van der Waals surface area contributed by atoms with E-state index in [4.69, 9.17) is 4.74 Å². The average molecular weight is 405 g/mol. The summed E-state index contributed by atoms with van der Waals surface area (Å²) in [6, 6.07) is 4.44. The van der Waals surface area contributed by atoms with Gasteiger partial charge in [0.25, 0.3) is 5.56 Å². The van der Waals surface area contributed by atoms with Crippen molar-refractivity contribution in [2.45, 2.75) is 38.5 Å². The predicted molar refractivity (Wildman–Crippen MR) is 105 cm³/mol. The highest BCUT2D eigenvalue weighted by Crippen LogP contribution is 2.29. The van der Waals surface area contributed by atoms with Crippen LogP contribution in [0.2, 0.25) is 0 Å². The van der Waals surface area contributed by atoms with Crippen LogP contribution in [-0.2, 0) is 16.4 Å². The Balaban J connectivity index is 2.22. The van der Waals surface area contributed by atoms with Crippen molar-refractivity contribution >= 4 is 15.5 Å². The molecule has 3 aromatic rings. The second-order valence-corrected chi connectivity index (χ2v) is 8.06. The monoisotopic (exact) mass is 405 g/mol. The molecule has 0 saturated carbocycles. The Labute approximate surface area is 162 Å². The number of benzene rings is 1. The molecule has 0 atom stereocenters. The molecule has 0 aliphatic carbocycles. The second-order valence-electron chi connectivity index (χ2n) is 6.29. The number of rotatable bonds is 7. The SMILES string of the molecule is CCCNS(=O)(=O)c1ccc(OC)c(-c2nn3c(CC)nc(C)c3c(=O)[nH]2)c1. The first-order chi connectivity index (χ1) is 13.3. The van der Waals surface area contributed by atoms with Gasteiger partial charge in [-0.25, -0.2) is 22.6 Å². The van der Waals surface area contributed by atoms with E-state index in [2.05, 4.69) is 19.8 Å². The Morgan fingerprint density at radius 2 is 2.04 bits per heavy atom. The number of sulfonamides is 1. The summed E-state index contributed by atoms with van der Waals surface area (Å²) in [5, 5.41) is 4.50. The number of ether oxygens (including phenoxy) is 1. The molecule has 9 nitrogen and oxygen atoms in total. The van der Waals surface area contributed by atoms with Gasteiger partial charge in [0.2, 0.25) is 10.0 Å². The number of nitrogens with zero attached hydrogens (tertiary/aromatic N) is 3. The number of hydrogen-bond acceptors (Lipinski definition) is 6. The van der Waals surface area contributed by atoms with Crippen LogP contribution in [0, 0.1) is 6.92 Å². The van der Waals surface area contributed by atoms with E-state index in [1.807, 2.05) is 13.8 Å². The molecule has 28 heavy (non-hydrogen) atoms. The summed E-state index contributed by atoms with van der Waals surface area (Å²) in [4.78, 5) is 19.8. The molecule has 0 aliphatic heterocycles. The summed E-state index contributed by atoms with van der Waals surface area (Å²) < 4.78 is 34.4. The second kappa shape index (κ2) is 7.72. The number of nitrogens with one attached hydrogen (secondary N) is 2. The van der Waals surface area contributed by atoms with Gasteiger partial charge in [-0.1, -0.05) is 13.8 Å². The zero-order valence-corrected chi connectivity index (χ0v) is 17.1. The molecule has 0 fully saturated rings. The summed E-state index contributed by atoms with van der Waals surface area (Å²) >= 11 is 0. The number of aromatic nitrogens is 4. The van der Waals surface area contributed by atoms with E-state index in [1.165, 1.54) is 23.8 Å². The van der Waals surface area contributed by atoms with E-state index < -0.39 is 10.0 Å². The molecule has 3 rings (SSSR count). The number of aromatic amines is 1. The average Bonchev–Trinajstić information content (AvgIpc) is 3.02. The zero-order chi connectivity index (χ0) is 20.5. The fourth-order valence-corrected chi connectivity index (χ4v) is 4.10. The van der Waals surface area contributed by atoms with Gasteiger partial charge in [0, 0.05) is 13.0 Å². The normalized spacial score (nSPS) is 11.9. The van der Waals surface area contributed by atoms with E-state index >= 15 is 0 Å². The molecule has 2 aromatic heterocycles. The van der Waals surface area contributed by atoms with Crippen LogP contribution in [0.4, 0.5) is 0 Å². The quantitative estimate of drug-likeness (QED) is 0.617. The van der Waals surface area contributed by atoms with Crippen molar-refractivity contribution in [3.63, 3.8) is 0 Å². The molecule has 0 aliphatic rings. The molecule has 2 N–H and O–H groups in total. The minimum absolute atomic E-state index is 0.0667. The first kappa shape index (κ1) is 20.0. The van der Waals surface area contributed by atoms with Crippen LogP contribution in [0.3, 0.4) is 0 Å². The van der Waals surface area contributed by atoms with Crippen LogP contribution in [0.5, 0.6) is 5.75 Å². The standard InChI is InChI=1S/C18H23N5O4S/c1-5-9-19-28(25,26)12-7-8-14(27-4)13(10-12)17-21-18(24)16-11(3)20-15(6-2)23(16)22-17/h7-8,10,19H,5-6,9H2,1-4H3,(H,21,22,24). The Morgan fingerprint density at radius 1 is 1.29 bits per heavy atom. The predicted octanol–water partition coefficient (Wildman–Crippen LogP) is 1.65. The van der Waals surface area contributed by atoms with Crippen LogP contribution in [0.15, 0.2) is 27.9 Å². The van der Waals surface area contributed by atoms with Crippen LogP contribution in [0.25, 0.3) is 16.9 Å². The molecule has 10 heteroatoms. The van der Waals surface area contributed by atoms with Crippen molar-refractivity contribution in [1.29, 1.82) is 0 Å². The first-order valence-corrected chi connectivity index (χ1v) is 10.5. The third-order valence-corrected chi connectivity index (χ3v) is 5.80. The molecule has 2 heterocycles. The Morgan fingerprint density at radius 3 is 2.68 bits per heavy atom. The third-order valence-electron chi connectivity index (χ3n) is 4.34. The summed E-state index contributed by atoms with van der Waals surface area (Å²) in [6.45, 7) is 5.88. The number of hydrogen-bond donors (Lipinski definition) is 2. The molecule has 1 aromatic carbocycles. The lowest BCUT2D eigenvalue weighted by Crippen LogP contribution is -2.24. The number of aryl methyl sites for hydroxylation is 2. The van der Waals surface area contributed by atoms with Gasteiger partial charge >= 0.3 is 0 Å². The molecule has 0 radical (unpaired) electrons. The molecule has 0 unspecified atom stereocenters. The van der Waals surface area contributed by atoms with E-state index in [0.717, 1.165) is 0 Å². The fraction of sp³-hybridized carbons (Fsp3) is 0.389. The molecule has 0 saturated heterocycles. The van der Waals surface area contributed by atoms with Gasteiger partial charge in [-0.05, 0) is 31.5 Å². The van der Waals surface area contributed by atoms with Gasteiger partial charge in [-0.3, -0.25) is 4.79 Å². The number of fused-ring (bicyclic) bond motifs is 1. The maximum atomic E-state index is 12.6. The van der Waals surface area contributed by atoms with E-state index in [0.29, 0.717) is 47.7 Å². The summed E-state index contributed by atoms with van der Waals surface area (Å²) in [7, 11) is -2.21. The lowest BCUT2D eigenvalue weighted by atomic mass is 10.2. The molecular formula is C18H23N5O4S.